The molecule has 0 aliphatic heterocycles. The standard InChI is InChI=1S/C26H25N5O/c1-29(17-22-16-28-31(19-22)18-21-8-3-2-4-9-21)26(32)13-12-23-20-30(15-7-14-27)25-11-6-5-10-24(23)25/h2-6,8-13,16,19-20H,7,15,17-18H2,1H3/b13-12+. The molecule has 4 aromatic rings. The number of carbonyl (C=O) groups is 1. The normalized spacial score (nSPS) is 11.1. The van der Waals surface area contributed by atoms with E-state index >= 15 is 0 Å². The molecule has 6 heteroatoms. The van der Waals surface area contributed by atoms with Crippen LogP contribution in [0.1, 0.15) is 23.1 Å². The summed E-state index contributed by atoms with van der Waals surface area (Å²) < 4.78 is 3.95. The summed E-state index contributed by atoms with van der Waals surface area (Å²) in [6.45, 7) is 1.82. The van der Waals surface area contributed by atoms with E-state index in [-0.39, 0.29) is 5.91 Å². The monoisotopic (exact) mass is 423 g/mol. The molecule has 0 N–H and O–H groups in total. The summed E-state index contributed by atoms with van der Waals surface area (Å²) in [4.78, 5) is 14.4. The molecule has 0 fully saturated rings. The average molecular weight is 424 g/mol. The van der Waals surface area contributed by atoms with E-state index in [1.807, 2.05) is 65.6 Å². The smallest absolute Gasteiger partial charge is 0.246 e. The van der Waals surface area contributed by atoms with Crippen LogP contribution in [0.25, 0.3) is 17.0 Å². The van der Waals surface area contributed by atoms with E-state index in [4.69, 9.17) is 5.26 Å². The molecule has 0 atom stereocenters. The molecule has 1 amide bonds. The molecule has 0 aliphatic carbocycles. The van der Waals surface area contributed by atoms with Crippen LogP contribution < -0.4 is 0 Å². The fourth-order valence-electron chi connectivity index (χ4n) is 3.75. The van der Waals surface area contributed by atoms with Gasteiger partial charge in [0, 0.05) is 60.6 Å². The van der Waals surface area contributed by atoms with Crippen molar-refractivity contribution in [2.24, 2.45) is 0 Å². The van der Waals surface area contributed by atoms with E-state index in [0.29, 0.717) is 26.1 Å². The van der Waals surface area contributed by atoms with Crippen molar-refractivity contribution < 1.29 is 4.79 Å². The van der Waals surface area contributed by atoms with Gasteiger partial charge < -0.3 is 9.47 Å². The van der Waals surface area contributed by atoms with Crippen molar-refractivity contribution in [2.75, 3.05) is 7.05 Å². The maximum absolute atomic E-state index is 12.7. The third-order valence-electron chi connectivity index (χ3n) is 5.36. The van der Waals surface area contributed by atoms with Gasteiger partial charge in [-0.3, -0.25) is 9.48 Å². The van der Waals surface area contributed by atoms with Gasteiger partial charge in [0.15, 0.2) is 0 Å². The van der Waals surface area contributed by atoms with Crippen molar-refractivity contribution >= 4 is 22.9 Å². The first-order valence-electron chi connectivity index (χ1n) is 10.6. The van der Waals surface area contributed by atoms with Gasteiger partial charge in [-0.2, -0.15) is 10.4 Å². The number of rotatable bonds is 8. The third kappa shape index (κ3) is 4.96. The number of aromatic nitrogens is 3. The van der Waals surface area contributed by atoms with Gasteiger partial charge in [0.2, 0.25) is 5.91 Å². The molecule has 0 radical (unpaired) electrons. The van der Waals surface area contributed by atoms with Crippen LogP contribution >= 0.6 is 0 Å². The Bertz CT molecular complexity index is 1280. The van der Waals surface area contributed by atoms with E-state index in [1.54, 1.807) is 24.2 Å². The number of nitrogens with zero attached hydrogens (tertiary/aromatic N) is 5. The van der Waals surface area contributed by atoms with Gasteiger partial charge in [-0.15, -0.1) is 0 Å². The van der Waals surface area contributed by atoms with E-state index in [9.17, 15) is 4.79 Å². The minimum Gasteiger partial charge on any atom is -0.346 e. The highest BCUT2D eigenvalue weighted by Gasteiger charge is 2.10. The lowest BCUT2D eigenvalue weighted by atomic mass is 10.1. The molecule has 6 nitrogen and oxygen atoms in total. The van der Waals surface area contributed by atoms with E-state index in [2.05, 4.69) is 27.9 Å². The molecule has 32 heavy (non-hydrogen) atoms. The number of likely N-dealkylation sites (N-methyl/N-ethyl adjacent to an activating group) is 1. The van der Waals surface area contributed by atoms with E-state index < -0.39 is 0 Å². The average Bonchev–Trinajstić information content (AvgIpc) is 3.40. The SMILES string of the molecule is CN(Cc1cnn(Cc2ccccc2)c1)C(=O)/C=C/c1cn(CCC#N)c2ccccc12. The van der Waals surface area contributed by atoms with Crippen LogP contribution in [0.15, 0.2) is 79.3 Å². The first kappa shape index (κ1) is 21.1. The summed E-state index contributed by atoms with van der Waals surface area (Å²) in [5.74, 6) is -0.0744. The maximum atomic E-state index is 12.7. The topological polar surface area (TPSA) is 66.8 Å². The second-order valence-corrected chi connectivity index (χ2v) is 7.76. The lowest BCUT2D eigenvalue weighted by Crippen LogP contribution is -2.23. The minimum atomic E-state index is -0.0744. The fourth-order valence-corrected chi connectivity index (χ4v) is 3.75. The third-order valence-corrected chi connectivity index (χ3v) is 5.36. The number of para-hydroxylation sites is 1. The summed E-state index contributed by atoms with van der Waals surface area (Å²) >= 11 is 0. The second-order valence-electron chi connectivity index (χ2n) is 7.76. The van der Waals surface area contributed by atoms with Crippen LogP contribution in [0, 0.1) is 11.3 Å². The number of hydrogen-bond donors (Lipinski definition) is 0. The molecule has 2 heterocycles. The Hall–Kier alpha value is -4.11. The van der Waals surface area contributed by atoms with Gasteiger partial charge >= 0.3 is 0 Å². The molecule has 0 unspecified atom stereocenters. The van der Waals surface area contributed by atoms with Crippen LogP contribution in [0.4, 0.5) is 0 Å². The number of nitriles is 1. The summed E-state index contributed by atoms with van der Waals surface area (Å²) in [7, 11) is 1.79. The zero-order valence-electron chi connectivity index (χ0n) is 18.1. The lowest BCUT2D eigenvalue weighted by molar-refractivity contribution is -0.125. The molecule has 160 valence electrons. The van der Waals surface area contributed by atoms with Crippen LogP contribution in [0.3, 0.4) is 0 Å². The fraction of sp³-hybridized carbons (Fsp3) is 0.192. The molecule has 2 aromatic carbocycles. The number of aryl methyl sites for hydroxylation is 1. The molecule has 0 saturated carbocycles. The molecular formula is C26H25N5O. The van der Waals surface area contributed by atoms with Crippen LogP contribution in [-0.2, 0) is 24.4 Å². The van der Waals surface area contributed by atoms with Gasteiger partial charge in [0.25, 0.3) is 0 Å². The predicted molar refractivity (Wildman–Crippen MR) is 125 cm³/mol. The van der Waals surface area contributed by atoms with Crippen molar-refractivity contribution in [3.8, 4) is 6.07 Å². The highest BCUT2D eigenvalue weighted by molar-refractivity contribution is 5.96. The number of hydrogen-bond acceptors (Lipinski definition) is 3. The number of fused-ring (bicyclic) bond motifs is 1. The van der Waals surface area contributed by atoms with Crippen molar-refractivity contribution in [1.29, 1.82) is 5.26 Å². The second kappa shape index (κ2) is 9.80. The van der Waals surface area contributed by atoms with Crippen molar-refractivity contribution in [3.63, 3.8) is 0 Å². The Morgan fingerprint density at radius 1 is 1.09 bits per heavy atom. The molecular weight excluding hydrogens is 398 g/mol. The molecule has 4 rings (SSSR count). The van der Waals surface area contributed by atoms with Gasteiger partial charge in [0.05, 0.1) is 25.2 Å². The zero-order valence-corrected chi connectivity index (χ0v) is 18.1. The molecule has 2 aromatic heterocycles. The molecule has 0 aliphatic rings. The number of benzene rings is 2. The first-order chi connectivity index (χ1) is 15.6. The Labute approximate surface area is 187 Å². The van der Waals surface area contributed by atoms with Gasteiger partial charge in [-0.25, -0.2) is 0 Å². The van der Waals surface area contributed by atoms with Gasteiger partial charge in [-0.05, 0) is 17.7 Å². The van der Waals surface area contributed by atoms with Crippen molar-refractivity contribution in [3.05, 3.63) is 96.0 Å². The number of carbonyl (C=O) groups excluding carboxylic acids is 1. The Balaban J connectivity index is 1.41. The first-order valence-corrected chi connectivity index (χ1v) is 10.6. The zero-order chi connectivity index (χ0) is 22.3. The molecule has 0 bridgehead atoms. The highest BCUT2D eigenvalue weighted by atomic mass is 16.2. The maximum Gasteiger partial charge on any atom is 0.246 e. The molecule has 0 saturated heterocycles. The van der Waals surface area contributed by atoms with Gasteiger partial charge in [0.1, 0.15) is 0 Å². The Morgan fingerprint density at radius 3 is 2.69 bits per heavy atom. The quantitative estimate of drug-likeness (QED) is 0.393. The van der Waals surface area contributed by atoms with E-state index in [1.165, 1.54) is 5.56 Å². The Kier molecular flexibility index (Phi) is 6.47. The summed E-state index contributed by atoms with van der Waals surface area (Å²) in [6, 6.07) is 20.4. The Morgan fingerprint density at radius 2 is 1.88 bits per heavy atom. The van der Waals surface area contributed by atoms with Crippen LogP contribution in [-0.4, -0.2) is 32.2 Å². The van der Waals surface area contributed by atoms with Gasteiger partial charge in [-0.1, -0.05) is 48.5 Å². The van der Waals surface area contributed by atoms with Crippen LogP contribution in [0.5, 0.6) is 0 Å². The number of amides is 1. The largest absolute Gasteiger partial charge is 0.346 e. The van der Waals surface area contributed by atoms with E-state index in [0.717, 1.165) is 22.0 Å². The van der Waals surface area contributed by atoms with Crippen molar-refractivity contribution in [1.82, 2.24) is 19.2 Å². The summed E-state index contributed by atoms with van der Waals surface area (Å²) in [5, 5.41) is 14.4. The lowest BCUT2D eigenvalue weighted by Gasteiger charge is -2.13. The highest BCUT2D eigenvalue weighted by Crippen LogP contribution is 2.23. The predicted octanol–water partition coefficient (Wildman–Crippen LogP) is 4.47. The molecule has 0 spiro atoms. The minimum absolute atomic E-state index is 0.0744. The van der Waals surface area contributed by atoms with Crippen molar-refractivity contribution in [2.45, 2.75) is 26.1 Å². The van der Waals surface area contributed by atoms with Crippen LogP contribution in [0.2, 0.25) is 0 Å². The summed E-state index contributed by atoms with van der Waals surface area (Å²) in [5.41, 5.74) is 4.20. The summed E-state index contributed by atoms with van der Waals surface area (Å²) in [6.07, 6.45) is 9.68.